The highest BCUT2D eigenvalue weighted by Gasteiger charge is 2.36. The van der Waals surface area contributed by atoms with Gasteiger partial charge in [-0.1, -0.05) is 31.5 Å². The van der Waals surface area contributed by atoms with Gasteiger partial charge in [0.2, 0.25) is 0 Å². The predicted octanol–water partition coefficient (Wildman–Crippen LogP) is 4.83. The fourth-order valence-electron chi connectivity index (χ4n) is 4.05. The van der Waals surface area contributed by atoms with Crippen molar-refractivity contribution in [3.63, 3.8) is 0 Å². The van der Waals surface area contributed by atoms with Crippen molar-refractivity contribution < 1.29 is 18.4 Å². The van der Waals surface area contributed by atoms with Crippen molar-refractivity contribution in [2.45, 2.75) is 33.6 Å². The molecule has 0 atom stereocenters. The third-order valence-electron chi connectivity index (χ3n) is 5.63. The minimum absolute atomic E-state index is 0.167. The van der Waals surface area contributed by atoms with E-state index in [4.69, 9.17) is 0 Å². The Morgan fingerprint density at radius 3 is 2.38 bits per heavy atom. The van der Waals surface area contributed by atoms with Crippen LogP contribution >= 0.6 is 0 Å². The molecule has 1 aliphatic rings. The molecule has 1 amide bonds. The van der Waals surface area contributed by atoms with Crippen LogP contribution in [-0.2, 0) is 6.42 Å². The Bertz CT molecular complexity index is 1310. The fraction of sp³-hybridized carbons (Fsp3) is 0.240. The van der Waals surface area contributed by atoms with E-state index in [-0.39, 0.29) is 23.5 Å². The van der Waals surface area contributed by atoms with Crippen LogP contribution in [0.15, 0.2) is 53.5 Å². The highest BCUT2D eigenvalue weighted by molar-refractivity contribution is 6.08. The molecule has 5 nitrogen and oxygen atoms in total. The number of rotatable bonds is 3. The monoisotopic (exact) mass is 436 g/mol. The van der Waals surface area contributed by atoms with Crippen molar-refractivity contribution in [3.05, 3.63) is 92.9 Å². The summed E-state index contributed by atoms with van der Waals surface area (Å²) in [4.78, 5) is 39.6. The number of benzene rings is 2. The summed E-state index contributed by atoms with van der Waals surface area (Å²) in [6.45, 7) is 5.68. The van der Waals surface area contributed by atoms with Gasteiger partial charge >= 0.3 is 0 Å². The molecule has 7 heteroatoms. The van der Waals surface area contributed by atoms with Crippen LogP contribution in [0.4, 0.5) is 14.5 Å². The van der Waals surface area contributed by atoms with Crippen LogP contribution in [0.3, 0.4) is 0 Å². The van der Waals surface area contributed by atoms with E-state index < -0.39 is 28.5 Å². The number of carbonyl (C=O) groups is 2. The minimum Gasteiger partial charge on any atom is -0.319 e. The Kier molecular flexibility index (Phi) is 5.28. The number of nitrogens with zero attached hydrogens (tertiary/aromatic N) is 1. The number of fused-ring (bicyclic) bond motifs is 1. The first-order valence-corrected chi connectivity index (χ1v) is 10.2. The summed E-state index contributed by atoms with van der Waals surface area (Å²) in [5.74, 6) is -2.76. The van der Waals surface area contributed by atoms with Crippen molar-refractivity contribution in [1.29, 1.82) is 0 Å². The summed E-state index contributed by atoms with van der Waals surface area (Å²) in [5, 5.41) is 2.37. The normalized spacial score (nSPS) is 14.7. The van der Waals surface area contributed by atoms with Gasteiger partial charge in [0.15, 0.2) is 5.78 Å². The Morgan fingerprint density at radius 1 is 1.03 bits per heavy atom. The number of pyridine rings is 1. The van der Waals surface area contributed by atoms with Crippen LogP contribution in [0.5, 0.6) is 0 Å². The van der Waals surface area contributed by atoms with Gasteiger partial charge in [0.1, 0.15) is 17.2 Å². The van der Waals surface area contributed by atoms with E-state index in [1.807, 2.05) is 32.9 Å². The molecular weight excluding hydrogens is 414 g/mol. The molecule has 32 heavy (non-hydrogen) atoms. The summed E-state index contributed by atoms with van der Waals surface area (Å²) >= 11 is 0. The van der Waals surface area contributed by atoms with Crippen LogP contribution in [0.25, 0.3) is 5.69 Å². The second-order valence-electron chi connectivity index (χ2n) is 8.93. The highest BCUT2D eigenvalue weighted by Crippen LogP contribution is 2.36. The molecule has 0 aliphatic heterocycles. The van der Waals surface area contributed by atoms with E-state index in [1.54, 1.807) is 12.1 Å². The van der Waals surface area contributed by atoms with Gasteiger partial charge in [-0.15, -0.1) is 0 Å². The largest absolute Gasteiger partial charge is 0.319 e. The molecule has 0 radical (unpaired) electrons. The lowest BCUT2D eigenvalue weighted by Gasteiger charge is -2.31. The minimum atomic E-state index is -0.960. The number of aromatic nitrogens is 1. The maximum absolute atomic E-state index is 14.1. The van der Waals surface area contributed by atoms with Crippen molar-refractivity contribution >= 4 is 17.4 Å². The number of aryl methyl sites for hydroxylation is 1. The molecule has 1 aromatic heterocycles. The molecule has 0 spiro atoms. The molecule has 0 unspecified atom stereocenters. The lowest BCUT2D eigenvalue weighted by molar-refractivity contribution is 0.0910. The van der Waals surface area contributed by atoms with Gasteiger partial charge < -0.3 is 5.32 Å². The molecule has 0 saturated heterocycles. The summed E-state index contributed by atoms with van der Waals surface area (Å²) in [5.41, 5.74) is 0.616. The van der Waals surface area contributed by atoms with Crippen molar-refractivity contribution in [3.8, 4) is 5.69 Å². The number of hydrogen-bond donors (Lipinski definition) is 1. The summed E-state index contributed by atoms with van der Waals surface area (Å²) < 4.78 is 28.7. The molecule has 2 aromatic carbocycles. The maximum Gasteiger partial charge on any atom is 0.268 e. The zero-order valence-corrected chi connectivity index (χ0v) is 18.0. The molecule has 3 aromatic rings. The van der Waals surface area contributed by atoms with E-state index in [0.717, 1.165) is 17.7 Å². The molecule has 0 bridgehead atoms. The molecule has 4 rings (SSSR count). The summed E-state index contributed by atoms with van der Waals surface area (Å²) in [7, 11) is 0. The molecule has 0 saturated carbocycles. The average Bonchev–Trinajstić information content (AvgIpc) is 2.70. The van der Waals surface area contributed by atoms with Gasteiger partial charge in [-0.25, -0.2) is 8.78 Å². The van der Waals surface area contributed by atoms with Crippen LogP contribution in [0.1, 0.15) is 52.1 Å². The third-order valence-corrected chi connectivity index (χ3v) is 5.63. The average molecular weight is 436 g/mol. The Morgan fingerprint density at radius 2 is 1.72 bits per heavy atom. The molecule has 0 fully saturated rings. The van der Waals surface area contributed by atoms with Gasteiger partial charge in [0, 0.05) is 29.9 Å². The molecule has 1 aliphatic carbocycles. The first-order chi connectivity index (χ1) is 15.1. The first kappa shape index (κ1) is 21.6. The number of hydrogen-bond acceptors (Lipinski definition) is 3. The van der Waals surface area contributed by atoms with Gasteiger partial charge in [-0.05, 0) is 48.6 Å². The second-order valence-corrected chi connectivity index (χ2v) is 8.93. The van der Waals surface area contributed by atoms with E-state index in [2.05, 4.69) is 5.32 Å². The van der Waals surface area contributed by atoms with Crippen LogP contribution < -0.4 is 10.9 Å². The number of amides is 1. The van der Waals surface area contributed by atoms with E-state index >= 15 is 0 Å². The predicted molar refractivity (Wildman–Crippen MR) is 118 cm³/mol. The molecule has 164 valence electrons. The van der Waals surface area contributed by atoms with Crippen LogP contribution in [-0.4, -0.2) is 16.3 Å². The second kappa shape index (κ2) is 7.82. The SMILES string of the molecule is Cc1ccc(-n2cc3c(c(C(=O)Nc4ccc(F)cc4F)c2=O)CC(C)(C)CC3=O)cc1. The van der Waals surface area contributed by atoms with Crippen molar-refractivity contribution in [1.82, 2.24) is 4.57 Å². The van der Waals surface area contributed by atoms with Gasteiger partial charge in [0.05, 0.1) is 5.69 Å². The van der Waals surface area contributed by atoms with Gasteiger partial charge in [-0.2, -0.15) is 0 Å². The smallest absolute Gasteiger partial charge is 0.268 e. The number of nitrogens with one attached hydrogen (secondary N) is 1. The first-order valence-electron chi connectivity index (χ1n) is 10.2. The molecular formula is C25H22F2N2O3. The Labute approximate surface area is 183 Å². The number of ketones is 1. The van der Waals surface area contributed by atoms with Crippen LogP contribution in [0, 0.1) is 24.0 Å². The van der Waals surface area contributed by atoms with E-state index in [0.29, 0.717) is 29.3 Å². The van der Waals surface area contributed by atoms with Gasteiger partial charge in [-0.3, -0.25) is 19.0 Å². The quantitative estimate of drug-likeness (QED) is 0.639. The number of halogens is 2. The Hall–Kier alpha value is -3.61. The highest BCUT2D eigenvalue weighted by atomic mass is 19.1. The van der Waals surface area contributed by atoms with E-state index in [9.17, 15) is 23.2 Å². The lowest BCUT2D eigenvalue weighted by atomic mass is 9.73. The van der Waals surface area contributed by atoms with Gasteiger partial charge in [0.25, 0.3) is 11.5 Å². The summed E-state index contributed by atoms with van der Waals surface area (Å²) in [6.07, 6.45) is 2.10. The number of Topliss-reactive ketones (excluding diaryl/α,β-unsaturated/α-hetero) is 1. The number of carbonyl (C=O) groups excluding carboxylic acids is 2. The molecule has 1 heterocycles. The Balaban J connectivity index is 1.91. The third kappa shape index (κ3) is 3.98. The topological polar surface area (TPSA) is 68.2 Å². The zero-order valence-electron chi connectivity index (χ0n) is 18.0. The number of anilines is 1. The molecule has 1 N–H and O–H groups in total. The standard InChI is InChI=1S/C25H22F2N2O3/c1-14-4-7-16(8-5-14)29-13-18-17(11-25(2,3)12-21(18)30)22(24(29)32)23(31)28-20-9-6-15(26)10-19(20)27/h4-10,13H,11-12H2,1-3H3,(H,28,31). The van der Waals surface area contributed by atoms with Crippen LogP contribution in [0.2, 0.25) is 0 Å². The lowest BCUT2D eigenvalue weighted by Crippen LogP contribution is -2.37. The van der Waals surface area contributed by atoms with E-state index in [1.165, 1.54) is 10.8 Å². The van der Waals surface area contributed by atoms with Crippen molar-refractivity contribution in [2.75, 3.05) is 5.32 Å². The maximum atomic E-state index is 14.1. The summed E-state index contributed by atoms with van der Waals surface area (Å²) in [6, 6.07) is 9.83. The zero-order chi connectivity index (χ0) is 23.2. The van der Waals surface area contributed by atoms with Crippen molar-refractivity contribution in [2.24, 2.45) is 5.41 Å². The fourth-order valence-corrected chi connectivity index (χ4v) is 4.05.